The minimum Gasteiger partial charge on any atom is -0.477 e. The number of benzene rings is 1. The van der Waals surface area contributed by atoms with Crippen molar-refractivity contribution in [3.63, 3.8) is 0 Å². The number of ether oxygens (including phenoxy) is 1. The van der Waals surface area contributed by atoms with Gasteiger partial charge in [0.15, 0.2) is 5.65 Å². The number of anilines is 1. The molecule has 122 valence electrons. The van der Waals surface area contributed by atoms with E-state index in [1.807, 2.05) is 6.07 Å². The molecule has 1 N–H and O–H groups in total. The average Bonchev–Trinajstić information content (AvgIpc) is 3.04. The van der Waals surface area contributed by atoms with E-state index in [-0.39, 0.29) is 11.2 Å². The molecule has 0 fully saturated rings. The summed E-state index contributed by atoms with van der Waals surface area (Å²) in [5, 5.41) is 13.3. The highest BCUT2D eigenvalue weighted by Gasteiger charge is 2.16. The molecule has 8 nitrogen and oxygen atoms in total. The van der Waals surface area contributed by atoms with Crippen molar-refractivity contribution >= 4 is 23.4 Å². The molecule has 0 radical (unpaired) electrons. The molecule has 0 saturated heterocycles. The van der Waals surface area contributed by atoms with Crippen LogP contribution in [-0.4, -0.2) is 45.9 Å². The standard InChI is InChI=1S/C16H14N4O4/c1-19(16(23)24-2)11-5-3-4-10(8-11)13-6-7-17-14-12(15(21)22)9-18-20(13)14/h3-9H,1-2H3,(H,21,22). The lowest BCUT2D eigenvalue weighted by molar-refractivity contribution is 0.0698. The first kappa shape index (κ1) is 15.5. The molecular weight excluding hydrogens is 312 g/mol. The van der Waals surface area contributed by atoms with Gasteiger partial charge >= 0.3 is 12.1 Å². The minimum absolute atomic E-state index is 0.0275. The van der Waals surface area contributed by atoms with E-state index in [9.17, 15) is 14.7 Å². The number of carbonyl (C=O) groups is 2. The van der Waals surface area contributed by atoms with Crippen molar-refractivity contribution in [2.45, 2.75) is 0 Å². The number of hydrogen-bond acceptors (Lipinski definition) is 5. The Labute approximate surface area is 136 Å². The van der Waals surface area contributed by atoms with Crippen molar-refractivity contribution in [2.75, 3.05) is 19.1 Å². The summed E-state index contributed by atoms with van der Waals surface area (Å²) >= 11 is 0. The Morgan fingerprint density at radius 2 is 2.08 bits per heavy atom. The average molecular weight is 326 g/mol. The van der Waals surface area contributed by atoms with Gasteiger partial charge in [0.05, 0.1) is 19.0 Å². The van der Waals surface area contributed by atoms with Crippen molar-refractivity contribution in [1.29, 1.82) is 0 Å². The molecule has 0 spiro atoms. The lowest BCUT2D eigenvalue weighted by Gasteiger charge is -2.16. The summed E-state index contributed by atoms with van der Waals surface area (Å²) in [6, 6.07) is 8.91. The van der Waals surface area contributed by atoms with Crippen LogP contribution in [0.1, 0.15) is 10.4 Å². The number of carboxylic acid groups (broad SMARTS) is 1. The topological polar surface area (TPSA) is 97.0 Å². The summed E-state index contributed by atoms with van der Waals surface area (Å²) in [5.74, 6) is -1.09. The highest BCUT2D eigenvalue weighted by molar-refractivity contribution is 5.94. The number of carbonyl (C=O) groups excluding carboxylic acids is 1. The summed E-state index contributed by atoms with van der Waals surface area (Å²) in [4.78, 5) is 28.3. The first-order chi connectivity index (χ1) is 11.5. The maximum absolute atomic E-state index is 11.7. The number of amides is 1. The van der Waals surface area contributed by atoms with Crippen LogP contribution in [0.3, 0.4) is 0 Å². The third-order valence-corrected chi connectivity index (χ3v) is 3.61. The van der Waals surface area contributed by atoms with E-state index in [2.05, 4.69) is 10.1 Å². The van der Waals surface area contributed by atoms with Crippen LogP contribution >= 0.6 is 0 Å². The number of nitrogens with zero attached hydrogens (tertiary/aromatic N) is 4. The van der Waals surface area contributed by atoms with Crippen LogP contribution in [0, 0.1) is 0 Å². The van der Waals surface area contributed by atoms with Crippen molar-refractivity contribution < 1.29 is 19.4 Å². The second-order valence-electron chi connectivity index (χ2n) is 5.01. The van der Waals surface area contributed by atoms with Crippen LogP contribution in [-0.2, 0) is 4.74 Å². The summed E-state index contributed by atoms with van der Waals surface area (Å²) in [7, 11) is 2.91. The highest BCUT2D eigenvalue weighted by Crippen LogP contribution is 2.25. The predicted molar refractivity (Wildman–Crippen MR) is 86.2 cm³/mol. The molecule has 3 aromatic rings. The fourth-order valence-corrected chi connectivity index (χ4v) is 2.38. The normalized spacial score (nSPS) is 10.6. The van der Waals surface area contributed by atoms with Crippen LogP contribution in [0.5, 0.6) is 0 Å². The van der Waals surface area contributed by atoms with Gasteiger partial charge in [0.25, 0.3) is 0 Å². The molecule has 0 unspecified atom stereocenters. The summed E-state index contributed by atoms with van der Waals surface area (Å²) in [6.07, 6.45) is 2.30. The first-order valence-electron chi connectivity index (χ1n) is 7.01. The Bertz CT molecular complexity index is 935. The second-order valence-corrected chi connectivity index (χ2v) is 5.01. The smallest absolute Gasteiger partial charge is 0.413 e. The fraction of sp³-hybridized carbons (Fsp3) is 0.125. The number of fused-ring (bicyclic) bond motifs is 1. The van der Waals surface area contributed by atoms with Gasteiger partial charge < -0.3 is 9.84 Å². The quantitative estimate of drug-likeness (QED) is 0.793. The Kier molecular flexibility index (Phi) is 3.87. The molecule has 8 heteroatoms. The van der Waals surface area contributed by atoms with E-state index in [4.69, 9.17) is 4.74 Å². The summed E-state index contributed by atoms with van der Waals surface area (Å²) in [5.41, 5.74) is 2.34. The molecule has 0 aliphatic carbocycles. The SMILES string of the molecule is COC(=O)N(C)c1cccc(-c2ccnc3c(C(=O)O)cnn23)c1. The zero-order chi connectivity index (χ0) is 17.3. The molecule has 2 heterocycles. The Morgan fingerprint density at radius 3 is 2.79 bits per heavy atom. The maximum Gasteiger partial charge on any atom is 0.413 e. The van der Waals surface area contributed by atoms with Crippen LogP contribution in [0.25, 0.3) is 16.9 Å². The molecule has 1 aromatic carbocycles. The third kappa shape index (κ3) is 2.54. The fourth-order valence-electron chi connectivity index (χ4n) is 2.38. The molecule has 0 atom stereocenters. The minimum atomic E-state index is -1.09. The van der Waals surface area contributed by atoms with Crippen molar-refractivity contribution in [3.05, 3.63) is 48.3 Å². The van der Waals surface area contributed by atoms with Crippen LogP contribution in [0.15, 0.2) is 42.7 Å². The van der Waals surface area contributed by atoms with Gasteiger partial charge in [-0.1, -0.05) is 12.1 Å². The molecule has 1 amide bonds. The molecule has 0 aliphatic heterocycles. The van der Waals surface area contributed by atoms with Gasteiger partial charge in [-0.15, -0.1) is 0 Å². The number of rotatable bonds is 3. The number of aromatic carboxylic acids is 1. The molecule has 0 aliphatic rings. The van der Waals surface area contributed by atoms with Crippen molar-refractivity contribution in [2.24, 2.45) is 0 Å². The maximum atomic E-state index is 11.7. The monoisotopic (exact) mass is 326 g/mol. The van der Waals surface area contributed by atoms with E-state index in [0.717, 1.165) is 5.56 Å². The summed E-state index contributed by atoms with van der Waals surface area (Å²) in [6.45, 7) is 0. The van der Waals surface area contributed by atoms with Gasteiger partial charge in [-0.2, -0.15) is 5.10 Å². The molecule has 24 heavy (non-hydrogen) atoms. The predicted octanol–water partition coefficient (Wildman–Crippen LogP) is 2.30. The van der Waals surface area contributed by atoms with E-state index < -0.39 is 12.1 Å². The van der Waals surface area contributed by atoms with E-state index in [1.54, 1.807) is 31.3 Å². The Morgan fingerprint density at radius 1 is 1.29 bits per heavy atom. The van der Waals surface area contributed by atoms with E-state index in [0.29, 0.717) is 11.4 Å². The van der Waals surface area contributed by atoms with E-state index >= 15 is 0 Å². The number of methoxy groups -OCH3 is 1. The van der Waals surface area contributed by atoms with Gasteiger partial charge in [-0.05, 0) is 18.2 Å². The van der Waals surface area contributed by atoms with Crippen LogP contribution in [0.4, 0.5) is 10.5 Å². The molecule has 0 saturated carbocycles. The van der Waals surface area contributed by atoms with Gasteiger partial charge in [0.2, 0.25) is 0 Å². The van der Waals surface area contributed by atoms with Gasteiger partial charge in [0.1, 0.15) is 5.56 Å². The molecular formula is C16H14N4O4. The molecule has 0 bridgehead atoms. The number of carboxylic acids is 1. The number of hydrogen-bond donors (Lipinski definition) is 1. The largest absolute Gasteiger partial charge is 0.477 e. The van der Waals surface area contributed by atoms with Crippen LogP contribution < -0.4 is 4.90 Å². The molecule has 3 rings (SSSR count). The van der Waals surface area contributed by atoms with Crippen molar-refractivity contribution in [1.82, 2.24) is 14.6 Å². The van der Waals surface area contributed by atoms with E-state index in [1.165, 1.54) is 28.9 Å². The van der Waals surface area contributed by atoms with Gasteiger partial charge in [-0.25, -0.2) is 19.1 Å². The second kappa shape index (κ2) is 5.99. The lowest BCUT2D eigenvalue weighted by Crippen LogP contribution is -2.25. The van der Waals surface area contributed by atoms with Crippen molar-refractivity contribution in [3.8, 4) is 11.3 Å². The number of aromatic nitrogens is 3. The lowest BCUT2D eigenvalue weighted by atomic mass is 10.1. The zero-order valence-electron chi connectivity index (χ0n) is 13.0. The van der Waals surface area contributed by atoms with Crippen LogP contribution in [0.2, 0.25) is 0 Å². The first-order valence-corrected chi connectivity index (χ1v) is 7.01. The third-order valence-electron chi connectivity index (χ3n) is 3.61. The van der Waals surface area contributed by atoms with Gasteiger partial charge in [-0.3, -0.25) is 4.90 Å². The molecule has 2 aromatic heterocycles. The highest BCUT2D eigenvalue weighted by atomic mass is 16.5. The Balaban J connectivity index is 2.11. The van der Waals surface area contributed by atoms with Gasteiger partial charge in [0, 0.05) is 24.5 Å². The Hall–Kier alpha value is -3.42. The zero-order valence-corrected chi connectivity index (χ0v) is 13.0. The summed E-state index contributed by atoms with van der Waals surface area (Å²) < 4.78 is 6.17.